The highest BCUT2D eigenvalue weighted by Crippen LogP contribution is 2.30. The molecule has 1 aliphatic heterocycles. The number of nitrogens with zero attached hydrogens (tertiary/aromatic N) is 1. The van der Waals surface area contributed by atoms with E-state index in [-0.39, 0.29) is 0 Å². The summed E-state index contributed by atoms with van der Waals surface area (Å²) in [5, 5.41) is 0. The van der Waals surface area contributed by atoms with E-state index in [1.165, 1.54) is 17.9 Å². The molecule has 1 atom stereocenters. The van der Waals surface area contributed by atoms with Gasteiger partial charge in [0, 0.05) is 11.3 Å². The zero-order valence-corrected chi connectivity index (χ0v) is 7.29. The predicted molar refractivity (Wildman–Crippen MR) is 44.0 cm³/mol. The molecule has 1 fully saturated rings. The predicted octanol–water partition coefficient (Wildman–Crippen LogP) is 1.44. The Morgan fingerprint density at radius 3 is 2.33 bits per heavy atom. The van der Waals surface area contributed by atoms with E-state index in [0.717, 1.165) is 0 Å². The Kier molecular flexibility index (Phi) is 2.07. The molecule has 0 amide bonds. The molecule has 0 N–H and O–H groups in total. The van der Waals surface area contributed by atoms with Crippen molar-refractivity contribution in [1.29, 1.82) is 0 Å². The fraction of sp³-hybridized carbons (Fsp3) is 1.00. The van der Waals surface area contributed by atoms with Gasteiger partial charge in [-0.1, -0.05) is 0 Å². The summed E-state index contributed by atoms with van der Waals surface area (Å²) in [7, 11) is 4.34. The van der Waals surface area contributed by atoms with Gasteiger partial charge in [0.2, 0.25) is 0 Å². The Hall–Kier alpha value is 0.310. The molecule has 0 aromatic carbocycles. The first-order valence-electron chi connectivity index (χ1n) is 3.40. The van der Waals surface area contributed by atoms with Crippen molar-refractivity contribution in [3.05, 3.63) is 0 Å². The quantitative estimate of drug-likeness (QED) is 0.549. The van der Waals surface area contributed by atoms with E-state index in [1.807, 2.05) is 0 Å². The Morgan fingerprint density at radius 1 is 1.44 bits per heavy atom. The van der Waals surface area contributed by atoms with Crippen molar-refractivity contribution in [3.63, 3.8) is 0 Å². The number of hydrogen-bond acceptors (Lipinski definition) is 2. The SMILES string of the molecule is CN(C)C1(C)CCSC1. The van der Waals surface area contributed by atoms with E-state index >= 15 is 0 Å². The summed E-state index contributed by atoms with van der Waals surface area (Å²) in [6, 6.07) is 0. The van der Waals surface area contributed by atoms with Crippen LogP contribution in [0.3, 0.4) is 0 Å². The lowest BCUT2D eigenvalue weighted by Crippen LogP contribution is -2.40. The largest absolute Gasteiger partial charge is 0.303 e. The van der Waals surface area contributed by atoms with Crippen LogP contribution in [0.5, 0.6) is 0 Å². The van der Waals surface area contributed by atoms with Crippen LogP contribution < -0.4 is 0 Å². The molecule has 0 spiro atoms. The van der Waals surface area contributed by atoms with Gasteiger partial charge in [-0.3, -0.25) is 0 Å². The lowest BCUT2D eigenvalue weighted by molar-refractivity contribution is 0.203. The van der Waals surface area contributed by atoms with Gasteiger partial charge in [0.05, 0.1) is 0 Å². The zero-order valence-electron chi connectivity index (χ0n) is 6.48. The van der Waals surface area contributed by atoms with Crippen molar-refractivity contribution in [2.24, 2.45) is 0 Å². The highest BCUT2D eigenvalue weighted by atomic mass is 32.2. The summed E-state index contributed by atoms with van der Waals surface area (Å²) in [4.78, 5) is 2.34. The third-order valence-electron chi connectivity index (χ3n) is 2.28. The first-order chi connectivity index (χ1) is 4.15. The number of hydrogen-bond donors (Lipinski definition) is 0. The van der Waals surface area contributed by atoms with Crippen molar-refractivity contribution >= 4 is 11.8 Å². The molecule has 0 bridgehead atoms. The maximum absolute atomic E-state index is 2.34. The molecule has 2 heteroatoms. The average molecular weight is 145 g/mol. The van der Waals surface area contributed by atoms with E-state index in [9.17, 15) is 0 Å². The van der Waals surface area contributed by atoms with Crippen molar-refractivity contribution in [2.45, 2.75) is 18.9 Å². The van der Waals surface area contributed by atoms with Gasteiger partial charge in [0.1, 0.15) is 0 Å². The van der Waals surface area contributed by atoms with E-state index in [4.69, 9.17) is 0 Å². The highest BCUT2D eigenvalue weighted by molar-refractivity contribution is 7.99. The zero-order chi connectivity index (χ0) is 6.91. The van der Waals surface area contributed by atoms with Crippen molar-refractivity contribution in [2.75, 3.05) is 25.6 Å². The minimum atomic E-state index is 0.491. The van der Waals surface area contributed by atoms with Crippen LogP contribution in [0.15, 0.2) is 0 Å². The van der Waals surface area contributed by atoms with Crippen LogP contribution in [0.1, 0.15) is 13.3 Å². The van der Waals surface area contributed by atoms with Crippen molar-refractivity contribution in [1.82, 2.24) is 4.90 Å². The van der Waals surface area contributed by atoms with Crippen molar-refractivity contribution in [3.8, 4) is 0 Å². The van der Waals surface area contributed by atoms with Crippen LogP contribution >= 0.6 is 11.8 Å². The first-order valence-corrected chi connectivity index (χ1v) is 4.56. The summed E-state index contributed by atoms with van der Waals surface area (Å²) in [6.07, 6.45) is 1.35. The second-order valence-corrected chi connectivity index (χ2v) is 4.30. The summed E-state index contributed by atoms with van der Waals surface area (Å²) in [5.41, 5.74) is 0.491. The Morgan fingerprint density at radius 2 is 2.11 bits per heavy atom. The topological polar surface area (TPSA) is 3.24 Å². The third-order valence-corrected chi connectivity index (χ3v) is 3.60. The molecule has 1 unspecified atom stereocenters. The molecule has 1 nitrogen and oxygen atoms in total. The smallest absolute Gasteiger partial charge is 0.0273 e. The minimum Gasteiger partial charge on any atom is -0.303 e. The van der Waals surface area contributed by atoms with Crippen LogP contribution in [0.4, 0.5) is 0 Å². The molecule has 9 heavy (non-hydrogen) atoms. The molecule has 54 valence electrons. The monoisotopic (exact) mass is 145 g/mol. The van der Waals surface area contributed by atoms with Gasteiger partial charge in [-0.15, -0.1) is 0 Å². The first kappa shape index (κ1) is 7.42. The summed E-state index contributed by atoms with van der Waals surface area (Å²) >= 11 is 2.07. The normalized spacial score (nSPS) is 36.0. The van der Waals surface area contributed by atoms with Gasteiger partial charge in [-0.25, -0.2) is 0 Å². The molecule has 1 aliphatic rings. The number of thioether (sulfide) groups is 1. The summed E-state index contributed by atoms with van der Waals surface area (Å²) < 4.78 is 0. The van der Waals surface area contributed by atoms with Crippen molar-refractivity contribution < 1.29 is 0 Å². The van der Waals surface area contributed by atoms with Gasteiger partial charge in [-0.2, -0.15) is 11.8 Å². The van der Waals surface area contributed by atoms with E-state index in [0.29, 0.717) is 5.54 Å². The highest BCUT2D eigenvalue weighted by Gasteiger charge is 2.30. The fourth-order valence-electron chi connectivity index (χ4n) is 1.01. The van der Waals surface area contributed by atoms with Crippen LogP contribution in [0.25, 0.3) is 0 Å². The molecule has 1 saturated heterocycles. The summed E-state index contributed by atoms with van der Waals surface area (Å²) in [6.45, 7) is 2.34. The summed E-state index contributed by atoms with van der Waals surface area (Å²) in [5.74, 6) is 2.65. The Bertz CT molecular complexity index is 95.1. The van der Waals surface area contributed by atoms with E-state index in [2.05, 4.69) is 37.7 Å². The van der Waals surface area contributed by atoms with Crippen LogP contribution in [0.2, 0.25) is 0 Å². The molecule has 0 saturated carbocycles. The second-order valence-electron chi connectivity index (χ2n) is 3.19. The van der Waals surface area contributed by atoms with Gasteiger partial charge in [-0.05, 0) is 33.2 Å². The lowest BCUT2D eigenvalue weighted by Gasteiger charge is -2.30. The van der Waals surface area contributed by atoms with Gasteiger partial charge in [0.15, 0.2) is 0 Å². The molecular formula is C7H15NS. The molecule has 0 aromatic heterocycles. The molecule has 0 aromatic rings. The third kappa shape index (κ3) is 1.41. The van der Waals surface area contributed by atoms with Crippen LogP contribution in [-0.4, -0.2) is 36.0 Å². The molecule has 1 rings (SSSR count). The Balaban J connectivity index is 2.51. The fourth-order valence-corrected chi connectivity index (χ4v) is 2.58. The molecule has 0 aliphatic carbocycles. The standard InChI is InChI=1S/C7H15NS/c1-7(8(2)3)4-5-9-6-7/h4-6H2,1-3H3. The second kappa shape index (κ2) is 2.51. The Labute approximate surface area is 61.8 Å². The van der Waals surface area contributed by atoms with Gasteiger partial charge < -0.3 is 4.90 Å². The van der Waals surface area contributed by atoms with Crippen LogP contribution in [-0.2, 0) is 0 Å². The molecule has 1 heterocycles. The maximum Gasteiger partial charge on any atom is 0.0273 e. The number of rotatable bonds is 1. The van der Waals surface area contributed by atoms with Gasteiger partial charge in [0.25, 0.3) is 0 Å². The van der Waals surface area contributed by atoms with E-state index in [1.54, 1.807) is 0 Å². The molecular weight excluding hydrogens is 130 g/mol. The van der Waals surface area contributed by atoms with Crippen LogP contribution in [0, 0.1) is 0 Å². The maximum atomic E-state index is 2.34. The average Bonchev–Trinajstić information content (AvgIpc) is 2.16. The van der Waals surface area contributed by atoms with Gasteiger partial charge >= 0.3 is 0 Å². The lowest BCUT2D eigenvalue weighted by atomic mass is 10.0. The minimum absolute atomic E-state index is 0.491. The molecule has 0 radical (unpaired) electrons. The van der Waals surface area contributed by atoms with E-state index < -0.39 is 0 Å².